The Hall–Kier alpha value is -2.60. The van der Waals surface area contributed by atoms with Crippen LogP contribution in [0.5, 0.6) is 0 Å². The third kappa shape index (κ3) is 4.81. The molecule has 2 aromatic carbocycles. The summed E-state index contributed by atoms with van der Waals surface area (Å²) in [5, 5.41) is 11.2. The van der Waals surface area contributed by atoms with Crippen LogP contribution in [-0.4, -0.2) is 21.4 Å². The van der Waals surface area contributed by atoms with E-state index < -0.39 is 0 Å². The van der Waals surface area contributed by atoms with Crippen molar-refractivity contribution in [1.82, 2.24) is 10.2 Å². The van der Waals surface area contributed by atoms with Gasteiger partial charge in [-0.25, -0.2) is 0 Å². The van der Waals surface area contributed by atoms with Crippen LogP contribution in [0.3, 0.4) is 0 Å². The molecule has 0 fully saturated rings. The number of amides is 1. The summed E-state index contributed by atoms with van der Waals surface area (Å²) in [5.41, 5.74) is 4.04. The molecule has 1 N–H and O–H groups in total. The SMILES string of the molecule is CC[C@H](C)c1ccccc1NC(=O)[C@H](C)Sc1nnc(-c2ccc(C)cc2)o1. The molecule has 1 aromatic heterocycles. The van der Waals surface area contributed by atoms with Crippen LogP contribution < -0.4 is 5.32 Å². The van der Waals surface area contributed by atoms with Crippen LogP contribution in [0.15, 0.2) is 58.2 Å². The van der Waals surface area contributed by atoms with Crippen LogP contribution in [0.1, 0.15) is 44.2 Å². The maximum absolute atomic E-state index is 12.7. The van der Waals surface area contributed by atoms with Crippen LogP contribution >= 0.6 is 11.8 Å². The summed E-state index contributed by atoms with van der Waals surface area (Å²) in [4.78, 5) is 12.7. The van der Waals surface area contributed by atoms with Crippen molar-refractivity contribution >= 4 is 23.4 Å². The zero-order valence-electron chi connectivity index (χ0n) is 16.6. The zero-order valence-corrected chi connectivity index (χ0v) is 17.4. The second kappa shape index (κ2) is 9.06. The molecule has 0 aliphatic heterocycles. The molecule has 28 heavy (non-hydrogen) atoms. The molecule has 1 amide bonds. The van der Waals surface area contributed by atoms with Gasteiger partial charge in [-0.2, -0.15) is 0 Å². The lowest BCUT2D eigenvalue weighted by molar-refractivity contribution is -0.115. The lowest BCUT2D eigenvalue weighted by atomic mass is 9.97. The van der Waals surface area contributed by atoms with Gasteiger partial charge < -0.3 is 9.73 Å². The third-order valence-electron chi connectivity index (χ3n) is 4.71. The first-order valence-electron chi connectivity index (χ1n) is 9.45. The molecular weight excluding hydrogens is 370 g/mol. The van der Waals surface area contributed by atoms with Gasteiger partial charge in [0.15, 0.2) is 0 Å². The molecule has 0 spiro atoms. The number of hydrogen-bond acceptors (Lipinski definition) is 5. The second-order valence-electron chi connectivity index (χ2n) is 6.89. The van der Waals surface area contributed by atoms with E-state index in [4.69, 9.17) is 4.42 Å². The maximum Gasteiger partial charge on any atom is 0.277 e. The number of nitrogens with zero attached hydrogens (tertiary/aromatic N) is 2. The summed E-state index contributed by atoms with van der Waals surface area (Å²) in [5.74, 6) is 0.750. The highest BCUT2D eigenvalue weighted by atomic mass is 32.2. The lowest BCUT2D eigenvalue weighted by Gasteiger charge is -2.17. The van der Waals surface area contributed by atoms with Gasteiger partial charge in [-0.15, -0.1) is 10.2 Å². The monoisotopic (exact) mass is 395 g/mol. The number of aromatic nitrogens is 2. The fraction of sp³-hybridized carbons (Fsp3) is 0.318. The van der Waals surface area contributed by atoms with Crippen LogP contribution in [0.25, 0.3) is 11.5 Å². The molecule has 0 aliphatic rings. The topological polar surface area (TPSA) is 68.0 Å². The lowest BCUT2D eigenvalue weighted by Crippen LogP contribution is -2.23. The van der Waals surface area contributed by atoms with Gasteiger partial charge in [0.2, 0.25) is 11.8 Å². The highest BCUT2D eigenvalue weighted by Gasteiger charge is 2.20. The number of aryl methyl sites for hydroxylation is 1. The average molecular weight is 396 g/mol. The number of nitrogens with one attached hydrogen (secondary N) is 1. The molecule has 0 bridgehead atoms. The van der Waals surface area contributed by atoms with Crippen molar-refractivity contribution in [2.45, 2.75) is 50.5 Å². The Labute approximate surface area is 170 Å². The molecule has 0 radical (unpaired) electrons. The number of para-hydroxylation sites is 1. The molecule has 0 unspecified atom stereocenters. The van der Waals surface area contributed by atoms with Gasteiger partial charge >= 0.3 is 0 Å². The van der Waals surface area contributed by atoms with E-state index in [1.54, 1.807) is 0 Å². The third-order valence-corrected chi connectivity index (χ3v) is 5.65. The summed E-state index contributed by atoms with van der Waals surface area (Å²) < 4.78 is 5.72. The Morgan fingerprint density at radius 2 is 1.82 bits per heavy atom. The molecule has 5 nitrogen and oxygen atoms in total. The van der Waals surface area contributed by atoms with Gasteiger partial charge in [-0.3, -0.25) is 4.79 Å². The first-order chi connectivity index (χ1) is 13.5. The molecule has 0 saturated carbocycles. The predicted octanol–water partition coefficient (Wildman–Crippen LogP) is 5.68. The summed E-state index contributed by atoms with van der Waals surface area (Å²) in [6.07, 6.45) is 1.01. The minimum atomic E-state index is -0.365. The van der Waals surface area contributed by atoms with Crippen LogP contribution in [-0.2, 0) is 4.79 Å². The molecule has 1 heterocycles. The highest BCUT2D eigenvalue weighted by Crippen LogP contribution is 2.29. The van der Waals surface area contributed by atoms with Gasteiger partial charge in [0.1, 0.15) is 0 Å². The normalized spacial score (nSPS) is 13.1. The molecular formula is C22H25N3O2S. The van der Waals surface area contributed by atoms with Crippen molar-refractivity contribution < 1.29 is 9.21 Å². The first-order valence-corrected chi connectivity index (χ1v) is 10.3. The molecule has 0 saturated heterocycles. The van der Waals surface area contributed by atoms with Crippen LogP contribution in [0.4, 0.5) is 5.69 Å². The summed E-state index contributed by atoms with van der Waals surface area (Å²) >= 11 is 1.26. The van der Waals surface area contributed by atoms with Gasteiger partial charge in [-0.1, -0.05) is 61.5 Å². The van der Waals surface area contributed by atoms with Gasteiger partial charge in [0.05, 0.1) is 5.25 Å². The van der Waals surface area contributed by atoms with Crippen molar-refractivity contribution in [1.29, 1.82) is 0 Å². The molecule has 6 heteroatoms. The van der Waals surface area contributed by atoms with Crippen LogP contribution in [0.2, 0.25) is 0 Å². The van der Waals surface area contributed by atoms with Crippen LogP contribution in [0, 0.1) is 6.92 Å². The predicted molar refractivity (Wildman–Crippen MR) is 114 cm³/mol. The Morgan fingerprint density at radius 1 is 1.11 bits per heavy atom. The van der Waals surface area contributed by atoms with Crippen molar-refractivity contribution in [3.05, 3.63) is 59.7 Å². The first kappa shape index (κ1) is 20.1. The summed E-state index contributed by atoms with van der Waals surface area (Å²) in [7, 11) is 0. The summed E-state index contributed by atoms with van der Waals surface area (Å²) in [6.45, 7) is 8.16. The number of anilines is 1. The van der Waals surface area contributed by atoms with E-state index in [1.807, 2.05) is 56.3 Å². The van der Waals surface area contributed by atoms with E-state index in [0.29, 0.717) is 17.0 Å². The van der Waals surface area contributed by atoms with Crippen molar-refractivity contribution in [2.75, 3.05) is 5.32 Å². The fourth-order valence-corrected chi connectivity index (χ4v) is 3.45. The Morgan fingerprint density at radius 3 is 2.54 bits per heavy atom. The van der Waals surface area contributed by atoms with Gasteiger partial charge in [0.25, 0.3) is 5.22 Å². The van der Waals surface area contributed by atoms with E-state index in [1.165, 1.54) is 17.3 Å². The number of benzene rings is 2. The minimum Gasteiger partial charge on any atom is -0.411 e. The standard InChI is InChI=1S/C22H25N3O2S/c1-5-15(3)18-8-6-7-9-19(18)23-20(26)16(4)28-22-25-24-21(27-22)17-12-10-14(2)11-13-17/h6-13,15-16H,5H2,1-4H3,(H,23,26)/t15-,16-/m0/s1. The number of rotatable bonds is 7. The molecule has 146 valence electrons. The number of carbonyl (C=O) groups excluding carboxylic acids is 1. The van der Waals surface area contributed by atoms with Crippen molar-refractivity contribution in [3.63, 3.8) is 0 Å². The Balaban J connectivity index is 1.66. The maximum atomic E-state index is 12.7. The summed E-state index contributed by atoms with van der Waals surface area (Å²) in [6, 6.07) is 15.8. The Bertz CT molecular complexity index is 937. The smallest absolute Gasteiger partial charge is 0.277 e. The van der Waals surface area contributed by atoms with Crippen molar-refractivity contribution in [2.24, 2.45) is 0 Å². The zero-order chi connectivity index (χ0) is 20.1. The number of thioether (sulfide) groups is 1. The molecule has 3 rings (SSSR count). The van der Waals surface area contributed by atoms with E-state index in [-0.39, 0.29) is 11.2 Å². The number of hydrogen-bond donors (Lipinski definition) is 1. The van der Waals surface area contributed by atoms with E-state index in [2.05, 4.69) is 35.4 Å². The largest absolute Gasteiger partial charge is 0.411 e. The highest BCUT2D eigenvalue weighted by molar-refractivity contribution is 8.00. The average Bonchev–Trinajstić information content (AvgIpc) is 3.16. The van der Waals surface area contributed by atoms with E-state index >= 15 is 0 Å². The van der Waals surface area contributed by atoms with Gasteiger partial charge in [-0.05, 0) is 49.9 Å². The van der Waals surface area contributed by atoms with Crippen molar-refractivity contribution in [3.8, 4) is 11.5 Å². The van der Waals surface area contributed by atoms with Gasteiger partial charge in [0, 0.05) is 11.3 Å². The number of carbonyl (C=O) groups is 1. The molecule has 2 atom stereocenters. The molecule has 0 aliphatic carbocycles. The quantitative estimate of drug-likeness (QED) is 0.521. The second-order valence-corrected chi connectivity index (χ2v) is 8.18. The minimum absolute atomic E-state index is 0.0872. The molecule has 3 aromatic rings. The van der Waals surface area contributed by atoms with E-state index in [0.717, 1.165) is 23.2 Å². The van der Waals surface area contributed by atoms with E-state index in [9.17, 15) is 4.79 Å². The fourth-order valence-electron chi connectivity index (χ4n) is 2.77. The Kier molecular flexibility index (Phi) is 6.52.